The van der Waals surface area contributed by atoms with Crippen molar-refractivity contribution in [1.29, 1.82) is 0 Å². The summed E-state index contributed by atoms with van der Waals surface area (Å²) >= 11 is 0. The summed E-state index contributed by atoms with van der Waals surface area (Å²) < 4.78 is 5.36. The third-order valence-electron chi connectivity index (χ3n) is 9.53. The van der Waals surface area contributed by atoms with Crippen LogP contribution in [0.25, 0.3) is 0 Å². The van der Waals surface area contributed by atoms with Gasteiger partial charge in [0, 0.05) is 18.4 Å². The van der Waals surface area contributed by atoms with E-state index in [4.69, 9.17) is 4.74 Å². The lowest BCUT2D eigenvalue weighted by atomic mass is 9.55. The first-order chi connectivity index (χ1) is 16.4. The number of aliphatic hydroxyl groups excluding tert-OH is 1. The Balaban J connectivity index is 1.16. The number of phenols is 1. The second kappa shape index (κ2) is 9.49. The second-order valence-corrected chi connectivity index (χ2v) is 11.4. The highest BCUT2D eigenvalue weighted by atomic mass is 16.5. The average Bonchev–Trinajstić information content (AvgIpc) is 3.08. The Kier molecular flexibility index (Phi) is 6.58. The van der Waals surface area contributed by atoms with E-state index in [-0.39, 0.29) is 35.8 Å². The molecule has 5 heteroatoms. The molecule has 3 unspecified atom stereocenters. The lowest BCUT2D eigenvalue weighted by Crippen LogP contribution is -2.44. The summed E-state index contributed by atoms with van der Waals surface area (Å²) in [6, 6.07) is 5.88. The van der Waals surface area contributed by atoms with Gasteiger partial charge in [0.15, 0.2) is 5.78 Å². The minimum Gasteiger partial charge on any atom is -0.508 e. The van der Waals surface area contributed by atoms with Gasteiger partial charge in [-0.1, -0.05) is 19.1 Å². The third kappa shape index (κ3) is 4.32. The Labute approximate surface area is 202 Å². The van der Waals surface area contributed by atoms with Gasteiger partial charge in [-0.3, -0.25) is 9.59 Å². The number of ketones is 1. The van der Waals surface area contributed by atoms with E-state index in [2.05, 4.69) is 13.0 Å². The van der Waals surface area contributed by atoms with Crippen LogP contribution in [-0.4, -0.2) is 34.7 Å². The van der Waals surface area contributed by atoms with Crippen molar-refractivity contribution in [2.45, 2.75) is 89.6 Å². The van der Waals surface area contributed by atoms with Crippen molar-refractivity contribution in [1.82, 2.24) is 0 Å². The zero-order valence-corrected chi connectivity index (χ0v) is 20.3. The molecule has 2 saturated carbocycles. The van der Waals surface area contributed by atoms with Crippen LogP contribution >= 0.6 is 0 Å². The highest BCUT2D eigenvalue weighted by molar-refractivity contribution is 5.96. The van der Waals surface area contributed by atoms with Crippen LogP contribution in [0.15, 0.2) is 29.8 Å². The van der Waals surface area contributed by atoms with Gasteiger partial charge in [0.25, 0.3) is 0 Å². The molecule has 0 radical (unpaired) electrons. The molecule has 0 bridgehead atoms. The number of Topliss-reactive ketones (excluding diaryl/α,β-unsaturated/α-hetero) is 1. The molecule has 2 N–H and O–H groups in total. The predicted molar refractivity (Wildman–Crippen MR) is 129 cm³/mol. The van der Waals surface area contributed by atoms with Crippen LogP contribution in [-0.2, 0) is 20.7 Å². The molecule has 0 heterocycles. The van der Waals surface area contributed by atoms with E-state index in [9.17, 15) is 19.8 Å². The number of benzene rings is 1. The number of fused-ring (bicyclic) bond motifs is 5. The molecule has 5 nitrogen and oxygen atoms in total. The molecule has 184 valence electrons. The fourth-order valence-electron chi connectivity index (χ4n) is 7.69. The van der Waals surface area contributed by atoms with Crippen molar-refractivity contribution in [2.24, 2.45) is 23.2 Å². The second-order valence-electron chi connectivity index (χ2n) is 11.4. The monoisotopic (exact) mass is 466 g/mol. The van der Waals surface area contributed by atoms with Crippen LogP contribution in [0.2, 0.25) is 0 Å². The van der Waals surface area contributed by atoms with Gasteiger partial charge in [-0.2, -0.15) is 0 Å². The standard InChI is InChI=1S/C29H38O5/c1-29-14-13-23-22-12-10-21(30)15-18(22)9-11-24(23)25(29)16-19(28(29)33)6-4-8-27(32)34-17-20-5-2-3-7-26(20)31/h5,10,12,15,19,23-25,28,30,33H,2-4,6-9,11,13-14,16-17H2,1H3/t19-,23?,24?,25?,28+,29+/m1/s1. The number of rotatable bonds is 6. The van der Waals surface area contributed by atoms with E-state index in [0.717, 1.165) is 51.4 Å². The van der Waals surface area contributed by atoms with Gasteiger partial charge >= 0.3 is 5.97 Å². The Morgan fingerprint density at radius 3 is 2.91 bits per heavy atom. The van der Waals surface area contributed by atoms with Crippen molar-refractivity contribution in [3.05, 3.63) is 41.0 Å². The van der Waals surface area contributed by atoms with Crippen molar-refractivity contribution >= 4 is 11.8 Å². The fraction of sp³-hybridized carbons (Fsp3) is 0.655. The molecule has 34 heavy (non-hydrogen) atoms. The molecular weight excluding hydrogens is 428 g/mol. The SMILES string of the molecule is C[C@]12CCC3c4ccc(O)cc4CCC3C1C[C@@H](CCCC(=O)OCC1=CCCCC1=O)[C@@H]2O. The Morgan fingerprint density at radius 2 is 2.09 bits per heavy atom. The number of aliphatic hydroxyl groups is 1. The zero-order valence-electron chi connectivity index (χ0n) is 20.3. The summed E-state index contributed by atoms with van der Waals surface area (Å²) in [5, 5.41) is 21.2. The van der Waals surface area contributed by atoms with Gasteiger partial charge in [-0.25, -0.2) is 0 Å². The van der Waals surface area contributed by atoms with E-state index < -0.39 is 0 Å². The number of hydrogen-bond donors (Lipinski definition) is 2. The minimum absolute atomic E-state index is 0.0470. The number of phenolic OH excluding ortho intramolecular Hbond substituents is 1. The topological polar surface area (TPSA) is 83.8 Å². The Bertz CT molecular complexity index is 981. The van der Waals surface area contributed by atoms with Crippen LogP contribution in [0.4, 0.5) is 0 Å². The number of esters is 1. The molecule has 0 aromatic heterocycles. The number of ether oxygens (including phenoxy) is 1. The molecule has 0 saturated heterocycles. The maximum absolute atomic E-state index is 12.2. The first-order valence-electron chi connectivity index (χ1n) is 13.2. The largest absolute Gasteiger partial charge is 0.508 e. The van der Waals surface area contributed by atoms with E-state index in [1.807, 2.05) is 18.2 Å². The lowest BCUT2D eigenvalue weighted by Gasteiger charge is -2.50. The number of aromatic hydroxyl groups is 1. The predicted octanol–water partition coefficient (Wildman–Crippen LogP) is 5.23. The zero-order chi connectivity index (χ0) is 23.9. The highest BCUT2D eigenvalue weighted by Gasteiger charge is 2.57. The quantitative estimate of drug-likeness (QED) is 0.561. The molecule has 4 aliphatic rings. The molecular formula is C29H38O5. The van der Waals surface area contributed by atoms with E-state index in [0.29, 0.717) is 48.3 Å². The van der Waals surface area contributed by atoms with Crippen molar-refractivity contribution in [3.63, 3.8) is 0 Å². The first kappa shape index (κ1) is 23.6. The maximum atomic E-state index is 12.2. The summed E-state index contributed by atoms with van der Waals surface area (Å²) in [4.78, 5) is 24.1. The number of hydrogen-bond acceptors (Lipinski definition) is 5. The number of aryl methyl sites for hydroxylation is 1. The molecule has 1 aromatic carbocycles. The van der Waals surface area contributed by atoms with Gasteiger partial charge in [-0.05, 0) is 110 Å². The molecule has 6 atom stereocenters. The first-order valence-corrected chi connectivity index (χ1v) is 13.2. The van der Waals surface area contributed by atoms with Gasteiger partial charge in [0.05, 0.1) is 6.10 Å². The van der Waals surface area contributed by atoms with Gasteiger partial charge in [0.2, 0.25) is 0 Å². The number of allylic oxidation sites excluding steroid dienone is 1. The van der Waals surface area contributed by atoms with Crippen molar-refractivity contribution in [2.75, 3.05) is 6.61 Å². The molecule has 0 spiro atoms. The summed E-state index contributed by atoms with van der Waals surface area (Å²) in [6.07, 6.45) is 11.1. The van der Waals surface area contributed by atoms with Crippen LogP contribution in [0.1, 0.15) is 88.2 Å². The molecule has 1 aromatic rings. The van der Waals surface area contributed by atoms with Crippen molar-refractivity contribution in [3.8, 4) is 5.75 Å². The summed E-state index contributed by atoms with van der Waals surface area (Å²) in [7, 11) is 0. The van der Waals surface area contributed by atoms with E-state index >= 15 is 0 Å². The average molecular weight is 467 g/mol. The Morgan fingerprint density at radius 1 is 1.24 bits per heavy atom. The molecule has 5 rings (SSSR count). The normalized spacial score (nSPS) is 34.6. The number of carbonyl (C=O) groups excluding carboxylic acids is 2. The smallest absolute Gasteiger partial charge is 0.306 e. The van der Waals surface area contributed by atoms with Crippen LogP contribution < -0.4 is 0 Å². The van der Waals surface area contributed by atoms with Gasteiger partial charge in [-0.15, -0.1) is 0 Å². The fourth-order valence-corrected chi connectivity index (χ4v) is 7.69. The maximum Gasteiger partial charge on any atom is 0.306 e. The van der Waals surface area contributed by atoms with Crippen LogP contribution in [0, 0.1) is 23.2 Å². The summed E-state index contributed by atoms with van der Waals surface area (Å²) in [5.74, 6) is 2.05. The van der Waals surface area contributed by atoms with E-state index in [1.54, 1.807) is 0 Å². The van der Waals surface area contributed by atoms with Gasteiger partial charge < -0.3 is 14.9 Å². The van der Waals surface area contributed by atoms with Crippen molar-refractivity contribution < 1.29 is 24.5 Å². The summed E-state index contributed by atoms with van der Waals surface area (Å²) in [5.41, 5.74) is 3.29. The minimum atomic E-state index is -0.319. The summed E-state index contributed by atoms with van der Waals surface area (Å²) in [6.45, 7) is 2.39. The van der Waals surface area contributed by atoms with Crippen LogP contribution in [0.5, 0.6) is 5.75 Å². The van der Waals surface area contributed by atoms with E-state index in [1.165, 1.54) is 11.1 Å². The highest BCUT2D eigenvalue weighted by Crippen LogP contribution is 2.62. The lowest BCUT2D eigenvalue weighted by molar-refractivity contribution is -0.143. The Hall–Kier alpha value is -2.14. The molecule has 0 aliphatic heterocycles. The van der Waals surface area contributed by atoms with Gasteiger partial charge in [0.1, 0.15) is 12.4 Å². The molecule has 2 fully saturated rings. The van der Waals surface area contributed by atoms with Crippen LogP contribution in [0.3, 0.4) is 0 Å². The number of carbonyl (C=O) groups is 2. The third-order valence-corrected chi connectivity index (χ3v) is 9.53. The molecule has 4 aliphatic carbocycles. The molecule has 0 amide bonds.